The zero-order chi connectivity index (χ0) is 11.6. The first kappa shape index (κ1) is 11.6. The number of imidazole rings is 1. The van der Waals surface area contributed by atoms with Gasteiger partial charge in [0, 0.05) is 26.3 Å². The lowest BCUT2D eigenvalue weighted by Crippen LogP contribution is -2.39. The number of rotatable bonds is 4. The first-order valence-corrected chi connectivity index (χ1v) is 5.95. The minimum Gasteiger partial charge on any atom is -0.389 e. The van der Waals surface area contributed by atoms with Crippen LogP contribution in [-0.2, 0) is 13.6 Å². The lowest BCUT2D eigenvalue weighted by molar-refractivity contribution is 0.0141. The standard InChI is InChI=1S/C12H21N3O/c1-14(8-11-7-13-10-15(11)2)9-12(16)5-3-4-6-12/h7,10,16H,3-6,8-9H2,1-2H3. The van der Waals surface area contributed by atoms with Gasteiger partial charge in [-0.3, -0.25) is 4.90 Å². The van der Waals surface area contributed by atoms with Crippen LogP contribution in [0.2, 0.25) is 0 Å². The van der Waals surface area contributed by atoms with Crippen molar-refractivity contribution in [1.82, 2.24) is 14.5 Å². The van der Waals surface area contributed by atoms with E-state index in [4.69, 9.17) is 0 Å². The summed E-state index contributed by atoms with van der Waals surface area (Å²) in [5.74, 6) is 0. The van der Waals surface area contributed by atoms with Crippen molar-refractivity contribution in [3.05, 3.63) is 18.2 Å². The fourth-order valence-electron chi connectivity index (χ4n) is 2.56. The first-order valence-electron chi connectivity index (χ1n) is 5.95. The number of likely N-dealkylation sites (N-methyl/N-ethyl adjacent to an activating group) is 1. The third-order valence-corrected chi connectivity index (χ3v) is 3.45. The van der Waals surface area contributed by atoms with E-state index in [0.29, 0.717) is 0 Å². The van der Waals surface area contributed by atoms with Crippen LogP contribution in [0, 0.1) is 0 Å². The summed E-state index contributed by atoms with van der Waals surface area (Å²) in [4.78, 5) is 6.28. The predicted octanol–water partition coefficient (Wildman–Crippen LogP) is 1.16. The highest BCUT2D eigenvalue weighted by molar-refractivity contribution is 4.98. The number of hydrogen-bond donors (Lipinski definition) is 1. The van der Waals surface area contributed by atoms with Gasteiger partial charge in [-0.1, -0.05) is 12.8 Å². The highest BCUT2D eigenvalue weighted by atomic mass is 16.3. The second-order valence-corrected chi connectivity index (χ2v) is 5.10. The number of aryl methyl sites for hydroxylation is 1. The molecule has 1 N–H and O–H groups in total. The summed E-state index contributed by atoms with van der Waals surface area (Å²) >= 11 is 0. The van der Waals surface area contributed by atoms with E-state index in [9.17, 15) is 5.11 Å². The van der Waals surface area contributed by atoms with Crippen LogP contribution in [-0.4, -0.2) is 38.8 Å². The van der Waals surface area contributed by atoms with Crippen LogP contribution >= 0.6 is 0 Å². The van der Waals surface area contributed by atoms with Crippen LogP contribution in [0.15, 0.2) is 12.5 Å². The van der Waals surface area contributed by atoms with Crippen LogP contribution < -0.4 is 0 Å². The molecule has 0 amide bonds. The van der Waals surface area contributed by atoms with Gasteiger partial charge >= 0.3 is 0 Å². The minimum absolute atomic E-state index is 0.451. The number of aromatic nitrogens is 2. The van der Waals surface area contributed by atoms with E-state index < -0.39 is 5.60 Å². The van der Waals surface area contributed by atoms with Gasteiger partial charge in [0.15, 0.2) is 0 Å². The molecule has 0 aromatic carbocycles. The fourth-order valence-corrected chi connectivity index (χ4v) is 2.56. The Bertz CT molecular complexity index is 342. The summed E-state index contributed by atoms with van der Waals surface area (Å²) in [5, 5.41) is 10.3. The Morgan fingerprint density at radius 1 is 1.50 bits per heavy atom. The third-order valence-electron chi connectivity index (χ3n) is 3.45. The Labute approximate surface area is 96.9 Å². The van der Waals surface area contributed by atoms with E-state index >= 15 is 0 Å². The van der Waals surface area contributed by atoms with Gasteiger partial charge in [0.25, 0.3) is 0 Å². The van der Waals surface area contributed by atoms with E-state index in [0.717, 1.165) is 38.8 Å². The average molecular weight is 223 g/mol. The van der Waals surface area contributed by atoms with E-state index in [1.807, 2.05) is 24.1 Å². The van der Waals surface area contributed by atoms with Crippen molar-refractivity contribution in [2.45, 2.75) is 37.8 Å². The van der Waals surface area contributed by atoms with E-state index in [1.54, 1.807) is 0 Å². The van der Waals surface area contributed by atoms with Crippen molar-refractivity contribution >= 4 is 0 Å². The summed E-state index contributed by atoms with van der Waals surface area (Å²) in [6.07, 6.45) is 7.92. The molecule has 1 aromatic rings. The maximum absolute atomic E-state index is 10.3. The molecular weight excluding hydrogens is 202 g/mol. The minimum atomic E-state index is -0.451. The maximum atomic E-state index is 10.3. The molecule has 0 aliphatic heterocycles. The lowest BCUT2D eigenvalue weighted by Gasteiger charge is -2.28. The molecule has 0 saturated heterocycles. The molecule has 2 rings (SSSR count). The number of aliphatic hydroxyl groups is 1. The Morgan fingerprint density at radius 3 is 2.75 bits per heavy atom. The smallest absolute Gasteiger partial charge is 0.0945 e. The van der Waals surface area contributed by atoms with E-state index in [2.05, 4.69) is 16.9 Å². The summed E-state index contributed by atoms with van der Waals surface area (Å²) in [6, 6.07) is 0. The summed E-state index contributed by atoms with van der Waals surface area (Å²) in [6.45, 7) is 1.61. The molecule has 0 radical (unpaired) electrons. The highest BCUT2D eigenvalue weighted by Gasteiger charge is 2.32. The van der Waals surface area contributed by atoms with Crippen LogP contribution in [0.25, 0.3) is 0 Å². The molecule has 0 unspecified atom stereocenters. The maximum Gasteiger partial charge on any atom is 0.0945 e. The van der Waals surface area contributed by atoms with Crippen molar-refractivity contribution < 1.29 is 5.11 Å². The van der Waals surface area contributed by atoms with Gasteiger partial charge in [0.05, 0.1) is 17.6 Å². The highest BCUT2D eigenvalue weighted by Crippen LogP contribution is 2.30. The van der Waals surface area contributed by atoms with Crippen molar-refractivity contribution in [2.24, 2.45) is 7.05 Å². The molecule has 1 saturated carbocycles. The molecule has 0 spiro atoms. The summed E-state index contributed by atoms with van der Waals surface area (Å²) in [5.41, 5.74) is 0.733. The van der Waals surface area contributed by atoms with Gasteiger partial charge in [0.2, 0.25) is 0 Å². The Kier molecular flexibility index (Phi) is 3.30. The van der Waals surface area contributed by atoms with Gasteiger partial charge in [-0.05, 0) is 19.9 Å². The van der Waals surface area contributed by atoms with E-state index in [-0.39, 0.29) is 0 Å². The molecule has 1 heterocycles. The normalized spacial score (nSPS) is 19.5. The zero-order valence-corrected chi connectivity index (χ0v) is 10.2. The molecule has 16 heavy (non-hydrogen) atoms. The molecular formula is C12H21N3O. The van der Waals surface area contributed by atoms with E-state index in [1.165, 1.54) is 5.69 Å². The molecule has 1 aliphatic carbocycles. The number of nitrogens with zero attached hydrogens (tertiary/aromatic N) is 3. The van der Waals surface area contributed by atoms with Crippen molar-refractivity contribution in [3.63, 3.8) is 0 Å². The second-order valence-electron chi connectivity index (χ2n) is 5.10. The van der Waals surface area contributed by atoms with Crippen molar-refractivity contribution in [2.75, 3.05) is 13.6 Å². The largest absolute Gasteiger partial charge is 0.389 e. The summed E-state index contributed by atoms with van der Waals surface area (Å²) < 4.78 is 2.02. The molecule has 4 heteroatoms. The SMILES string of the molecule is CN(Cc1cncn1C)CC1(O)CCCC1. The molecule has 90 valence electrons. The van der Waals surface area contributed by atoms with Gasteiger partial charge in [0.1, 0.15) is 0 Å². The lowest BCUT2D eigenvalue weighted by atomic mass is 10.0. The Morgan fingerprint density at radius 2 is 2.19 bits per heavy atom. The zero-order valence-electron chi connectivity index (χ0n) is 10.2. The van der Waals surface area contributed by atoms with Gasteiger partial charge in [-0.15, -0.1) is 0 Å². The predicted molar refractivity (Wildman–Crippen MR) is 63.0 cm³/mol. The summed E-state index contributed by atoms with van der Waals surface area (Å²) in [7, 11) is 4.06. The molecule has 0 atom stereocenters. The van der Waals surface area contributed by atoms with Crippen LogP contribution in [0.1, 0.15) is 31.4 Å². The Balaban J connectivity index is 1.89. The average Bonchev–Trinajstić information content (AvgIpc) is 2.77. The van der Waals surface area contributed by atoms with Crippen LogP contribution in [0.5, 0.6) is 0 Å². The third kappa shape index (κ3) is 2.62. The monoisotopic (exact) mass is 223 g/mol. The molecule has 1 aromatic heterocycles. The Hall–Kier alpha value is -0.870. The van der Waals surface area contributed by atoms with Crippen LogP contribution in [0.3, 0.4) is 0 Å². The van der Waals surface area contributed by atoms with Gasteiger partial charge in [-0.2, -0.15) is 0 Å². The van der Waals surface area contributed by atoms with Crippen molar-refractivity contribution in [1.29, 1.82) is 0 Å². The molecule has 1 fully saturated rings. The van der Waals surface area contributed by atoms with Crippen molar-refractivity contribution in [3.8, 4) is 0 Å². The topological polar surface area (TPSA) is 41.3 Å². The van der Waals surface area contributed by atoms with Gasteiger partial charge in [-0.25, -0.2) is 4.98 Å². The molecule has 4 nitrogen and oxygen atoms in total. The number of hydrogen-bond acceptors (Lipinski definition) is 3. The van der Waals surface area contributed by atoms with Crippen LogP contribution in [0.4, 0.5) is 0 Å². The van der Waals surface area contributed by atoms with Gasteiger partial charge < -0.3 is 9.67 Å². The first-order chi connectivity index (χ1) is 7.59. The molecule has 0 bridgehead atoms. The quantitative estimate of drug-likeness (QED) is 0.832. The molecule has 1 aliphatic rings. The fraction of sp³-hybridized carbons (Fsp3) is 0.750. The second kappa shape index (κ2) is 4.55.